The number of ether oxygens (including phenoxy) is 2. The van der Waals surface area contributed by atoms with Gasteiger partial charge in [0.1, 0.15) is 0 Å². The summed E-state index contributed by atoms with van der Waals surface area (Å²) < 4.78 is 12.1. The van der Waals surface area contributed by atoms with Crippen molar-refractivity contribution in [3.8, 4) is 11.5 Å². The lowest BCUT2D eigenvalue weighted by atomic mass is 10.2. The molecule has 0 bridgehead atoms. The van der Waals surface area contributed by atoms with Gasteiger partial charge in [0, 0.05) is 4.47 Å². The zero-order valence-corrected chi connectivity index (χ0v) is 16.0. The van der Waals surface area contributed by atoms with Gasteiger partial charge in [-0.1, -0.05) is 12.1 Å². The third kappa shape index (κ3) is 5.60. The number of hydrogen-bond acceptors (Lipinski definition) is 4. The summed E-state index contributed by atoms with van der Waals surface area (Å²) in [7, 11) is 0. The summed E-state index contributed by atoms with van der Waals surface area (Å²) in [5.41, 5.74) is 3.84. The van der Waals surface area contributed by atoms with Crippen LogP contribution < -0.4 is 14.9 Å². The van der Waals surface area contributed by atoms with Crippen molar-refractivity contribution in [3.63, 3.8) is 0 Å². The van der Waals surface area contributed by atoms with Crippen molar-refractivity contribution in [3.05, 3.63) is 58.1 Å². The SMILES string of the molecule is CCOc1cc(/C=N/NC(=O)c2ccccc2Br)ccc1OC(C)C. The summed E-state index contributed by atoms with van der Waals surface area (Å²) in [4.78, 5) is 12.1. The average molecular weight is 405 g/mol. The molecule has 0 atom stereocenters. The van der Waals surface area contributed by atoms with Gasteiger partial charge in [-0.25, -0.2) is 5.43 Å². The molecule has 2 aromatic rings. The fraction of sp³-hybridized carbons (Fsp3) is 0.263. The second-order valence-electron chi connectivity index (χ2n) is 5.48. The Morgan fingerprint density at radius 1 is 1.24 bits per heavy atom. The number of nitrogens with zero attached hydrogens (tertiary/aromatic N) is 1. The summed E-state index contributed by atoms with van der Waals surface area (Å²) in [5, 5.41) is 4.01. The highest BCUT2D eigenvalue weighted by atomic mass is 79.9. The monoisotopic (exact) mass is 404 g/mol. The zero-order chi connectivity index (χ0) is 18.2. The van der Waals surface area contributed by atoms with E-state index in [2.05, 4.69) is 26.5 Å². The Bertz CT molecular complexity index is 760. The van der Waals surface area contributed by atoms with Gasteiger partial charge >= 0.3 is 0 Å². The van der Waals surface area contributed by atoms with E-state index in [0.29, 0.717) is 23.7 Å². The Hall–Kier alpha value is -2.34. The van der Waals surface area contributed by atoms with Crippen molar-refractivity contribution in [2.75, 3.05) is 6.61 Å². The molecule has 2 aromatic carbocycles. The number of halogens is 1. The maximum Gasteiger partial charge on any atom is 0.272 e. The Balaban J connectivity index is 2.09. The largest absolute Gasteiger partial charge is 0.490 e. The van der Waals surface area contributed by atoms with Gasteiger partial charge in [0.15, 0.2) is 11.5 Å². The average Bonchev–Trinajstić information content (AvgIpc) is 2.57. The van der Waals surface area contributed by atoms with Crippen LogP contribution in [-0.2, 0) is 0 Å². The first-order chi connectivity index (χ1) is 12.0. The van der Waals surface area contributed by atoms with Crippen LogP contribution in [0.5, 0.6) is 11.5 Å². The molecule has 0 spiro atoms. The number of benzene rings is 2. The lowest BCUT2D eigenvalue weighted by Gasteiger charge is -2.14. The van der Waals surface area contributed by atoms with Crippen LogP contribution in [0.15, 0.2) is 52.0 Å². The van der Waals surface area contributed by atoms with Crippen LogP contribution in [0, 0.1) is 0 Å². The first-order valence-electron chi connectivity index (χ1n) is 8.02. The van der Waals surface area contributed by atoms with Gasteiger partial charge in [-0.05, 0) is 72.6 Å². The minimum Gasteiger partial charge on any atom is -0.490 e. The van der Waals surface area contributed by atoms with E-state index in [0.717, 1.165) is 10.0 Å². The minimum atomic E-state index is -0.284. The molecule has 0 saturated carbocycles. The molecule has 0 fully saturated rings. The molecule has 0 aliphatic carbocycles. The van der Waals surface area contributed by atoms with E-state index in [4.69, 9.17) is 9.47 Å². The van der Waals surface area contributed by atoms with E-state index in [-0.39, 0.29) is 12.0 Å². The smallest absolute Gasteiger partial charge is 0.272 e. The van der Waals surface area contributed by atoms with Gasteiger partial charge in [0.2, 0.25) is 0 Å². The van der Waals surface area contributed by atoms with Gasteiger partial charge in [-0.15, -0.1) is 0 Å². The molecule has 1 amide bonds. The zero-order valence-electron chi connectivity index (χ0n) is 14.5. The molecular formula is C19H21BrN2O3. The second-order valence-corrected chi connectivity index (χ2v) is 6.34. The van der Waals surface area contributed by atoms with Crippen LogP contribution in [-0.4, -0.2) is 24.8 Å². The van der Waals surface area contributed by atoms with Gasteiger partial charge in [0.05, 0.1) is 24.5 Å². The van der Waals surface area contributed by atoms with Crippen LogP contribution >= 0.6 is 15.9 Å². The van der Waals surface area contributed by atoms with Gasteiger partial charge in [-0.2, -0.15) is 5.10 Å². The van der Waals surface area contributed by atoms with Crippen LogP contribution in [0.2, 0.25) is 0 Å². The molecule has 1 N–H and O–H groups in total. The van der Waals surface area contributed by atoms with E-state index < -0.39 is 0 Å². The van der Waals surface area contributed by atoms with E-state index in [1.807, 2.05) is 45.0 Å². The summed E-state index contributed by atoms with van der Waals surface area (Å²) >= 11 is 3.34. The Morgan fingerprint density at radius 3 is 2.68 bits per heavy atom. The highest BCUT2D eigenvalue weighted by Crippen LogP contribution is 2.29. The minimum absolute atomic E-state index is 0.0577. The number of rotatable bonds is 7. The van der Waals surface area contributed by atoms with Crippen LogP contribution in [0.4, 0.5) is 0 Å². The maximum atomic E-state index is 12.1. The fourth-order valence-corrected chi connectivity index (χ4v) is 2.56. The predicted octanol–water partition coefficient (Wildman–Crippen LogP) is 4.40. The molecule has 0 aliphatic rings. The molecule has 2 rings (SSSR count). The van der Waals surface area contributed by atoms with Crippen molar-refractivity contribution in [2.24, 2.45) is 5.10 Å². The van der Waals surface area contributed by atoms with Crippen molar-refractivity contribution >= 4 is 28.1 Å². The van der Waals surface area contributed by atoms with E-state index in [1.54, 1.807) is 24.4 Å². The first-order valence-corrected chi connectivity index (χ1v) is 8.82. The third-order valence-corrected chi connectivity index (χ3v) is 3.82. The topological polar surface area (TPSA) is 59.9 Å². The van der Waals surface area contributed by atoms with Gasteiger partial charge < -0.3 is 9.47 Å². The highest BCUT2D eigenvalue weighted by molar-refractivity contribution is 9.10. The summed E-state index contributed by atoms with van der Waals surface area (Å²) in [6.07, 6.45) is 1.62. The number of carbonyl (C=O) groups excluding carboxylic acids is 1. The van der Waals surface area contributed by atoms with Crippen LogP contribution in [0.3, 0.4) is 0 Å². The van der Waals surface area contributed by atoms with Gasteiger partial charge in [-0.3, -0.25) is 4.79 Å². The molecule has 0 aromatic heterocycles. The molecular weight excluding hydrogens is 384 g/mol. The summed E-state index contributed by atoms with van der Waals surface area (Å²) in [5.74, 6) is 1.05. The fourth-order valence-electron chi connectivity index (χ4n) is 2.10. The normalized spacial score (nSPS) is 10.9. The molecule has 0 unspecified atom stereocenters. The number of amides is 1. The molecule has 0 saturated heterocycles. The third-order valence-electron chi connectivity index (χ3n) is 3.13. The number of nitrogens with one attached hydrogen (secondary N) is 1. The molecule has 5 nitrogen and oxygen atoms in total. The number of carbonyl (C=O) groups is 1. The summed E-state index contributed by atoms with van der Waals surface area (Å²) in [6, 6.07) is 12.7. The van der Waals surface area contributed by atoms with Crippen LogP contribution in [0.1, 0.15) is 36.7 Å². The molecule has 6 heteroatoms. The van der Waals surface area contributed by atoms with Gasteiger partial charge in [0.25, 0.3) is 5.91 Å². The van der Waals surface area contributed by atoms with Crippen LogP contribution in [0.25, 0.3) is 0 Å². The lowest BCUT2D eigenvalue weighted by molar-refractivity contribution is 0.0954. The van der Waals surface area contributed by atoms with E-state index in [1.165, 1.54) is 0 Å². The van der Waals surface area contributed by atoms with Crippen molar-refractivity contribution < 1.29 is 14.3 Å². The standard InChI is InChI=1S/C19H21BrN2O3/c1-4-24-18-11-14(9-10-17(18)25-13(2)3)12-21-22-19(23)15-7-5-6-8-16(15)20/h5-13H,4H2,1-3H3,(H,22,23)/b21-12+. The quantitative estimate of drug-likeness (QED) is 0.549. The molecule has 0 radical (unpaired) electrons. The second kappa shape index (κ2) is 9.22. The highest BCUT2D eigenvalue weighted by Gasteiger charge is 2.09. The van der Waals surface area contributed by atoms with E-state index >= 15 is 0 Å². The molecule has 0 heterocycles. The lowest BCUT2D eigenvalue weighted by Crippen LogP contribution is -2.18. The first kappa shape index (κ1) is 19.0. The molecule has 25 heavy (non-hydrogen) atoms. The van der Waals surface area contributed by atoms with E-state index in [9.17, 15) is 4.79 Å². The molecule has 0 aliphatic heterocycles. The Morgan fingerprint density at radius 2 is 2.00 bits per heavy atom. The molecule has 132 valence electrons. The van der Waals surface area contributed by atoms with Crippen molar-refractivity contribution in [1.29, 1.82) is 0 Å². The maximum absolute atomic E-state index is 12.1. The Kier molecular flexibility index (Phi) is 7.01. The Labute approximate surface area is 156 Å². The number of hydrazone groups is 1. The summed E-state index contributed by atoms with van der Waals surface area (Å²) in [6.45, 7) is 6.37. The van der Waals surface area contributed by atoms with Crippen molar-refractivity contribution in [2.45, 2.75) is 26.9 Å². The van der Waals surface area contributed by atoms with Crippen molar-refractivity contribution in [1.82, 2.24) is 5.43 Å². The predicted molar refractivity (Wildman–Crippen MR) is 103 cm³/mol. The number of hydrogen-bond donors (Lipinski definition) is 1.